The van der Waals surface area contributed by atoms with Gasteiger partial charge in [0.25, 0.3) is 0 Å². The molecule has 0 amide bonds. The Balaban J connectivity index is 2.82. The fraction of sp³-hybridized carbons (Fsp3) is 0.700. The molecule has 5 heteroatoms. The van der Waals surface area contributed by atoms with Crippen molar-refractivity contribution in [2.45, 2.75) is 32.7 Å². The first-order chi connectivity index (χ1) is 7.33. The number of aromatic nitrogens is 3. The third-order valence-electron chi connectivity index (χ3n) is 2.14. The first-order valence-corrected chi connectivity index (χ1v) is 5.10. The van der Waals surface area contributed by atoms with Crippen LogP contribution in [0.5, 0.6) is 0 Å². The topological polar surface area (TPSA) is 63.7 Å². The lowest BCUT2D eigenvalue weighted by molar-refractivity contribution is 0.200. The zero-order chi connectivity index (χ0) is 11.1. The van der Waals surface area contributed by atoms with Crippen LogP contribution in [-0.4, -0.2) is 28.7 Å². The summed E-state index contributed by atoms with van der Waals surface area (Å²) in [4.78, 5) is 0. The molecule has 82 valence electrons. The maximum atomic E-state index is 8.65. The molecule has 0 saturated heterocycles. The van der Waals surface area contributed by atoms with Gasteiger partial charge >= 0.3 is 0 Å². The van der Waals surface area contributed by atoms with Crippen LogP contribution in [0.2, 0.25) is 0 Å². The predicted molar refractivity (Wildman–Crippen MR) is 55.2 cm³/mol. The molecule has 0 unspecified atom stereocenters. The van der Waals surface area contributed by atoms with Gasteiger partial charge in [0.1, 0.15) is 5.69 Å². The van der Waals surface area contributed by atoms with Crippen molar-refractivity contribution in [3.05, 3.63) is 11.4 Å². The number of methoxy groups -OCH3 is 1. The van der Waals surface area contributed by atoms with E-state index in [2.05, 4.69) is 23.3 Å². The Labute approximate surface area is 89.7 Å². The summed E-state index contributed by atoms with van der Waals surface area (Å²) < 4.78 is 6.90. The molecule has 1 aromatic rings. The van der Waals surface area contributed by atoms with E-state index in [1.807, 2.05) is 4.68 Å². The Morgan fingerprint density at radius 1 is 1.53 bits per heavy atom. The van der Waals surface area contributed by atoms with Gasteiger partial charge in [-0.15, -0.1) is 5.10 Å². The summed E-state index contributed by atoms with van der Waals surface area (Å²) in [6.45, 7) is 3.57. The Morgan fingerprint density at radius 2 is 2.33 bits per heavy atom. The van der Waals surface area contributed by atoms with Crippen molar-refractivity contribution < 1.29 is 4.74 Å². The number of nitriles is 1. The molecule has 5 nitrogen and oxygen atoms in total. The van der Waals surface area contributed by atoms with E-state index in [0.29, 0.717) is 13.0 Å². The minimum absolute atomic E-state index is 0.322. The lowest BCUT2D eigenvalue weighted by atomic mass is 10.2. The quantitative estimate of drug-likeness (QED) is 0.698. The molecule has 0 saturated carbocycles. The number of aryl methyl sites for hydroxylation is 1. The summed E-state index contributed by atoms with van der Waals surface area (Å²) in [6, 6.07) is 2.10. The summed E-state index contributed by atoms with van der Waals surface area (Å²) >= 11 is 0. The van der Waals surface area contributed by atoms with E-state index in [4.69, 9.17) is 10.00 Å². The first-order valence-electron chi connectivity index (χ1n) is 5.10. The highest BCUT2D eigenvalue weighted by Gasteiger charge is 2.11. The number of hydrogen-bond donors (Lipinski definition) is 0. The first kappa shape index (κ1) is 11.7. The molecule has 1 rings (SSSR count). The lowest BCUT2D eigenvalue weighted by Crippen LogP contribution is -2.08. The largest absolute Gasteiger partial charge is 0.384 e. The summed E-state index contributed by atoms with van der Waals surface area (Å²) in [5.74, 6) is 0. The van der Waals surface area contributed by atoms with Crippen LogP contribution in [0.4, 0.5) is 0 Å². The molecule has 0 N–H and O–H groups in total. The van der Waals surface area contributed by atoms with Crippen LogP contribution in [0.25, 0.3) is 0 Å². The van der Waals surface area contributed by atoms with Crippen LogP contribution in [-0.2, 0) is 24.1 Å². The molecule has 0 fully saturated rings. The van der Waals surface area contributed by atoms with Crippen LogP contribution < -0.4 is 0 Å². The van der Waals surface area contributed by atoms with E-state index in [9.17, 15) is 0 Å². The number of hydrogen-bond acceptors (Lipinski definition) is 4. The molecule has 0 bridgehead atoms. The zero-order valence-corrected chi connectivity index (χ0v) is 9.23. The fourth-order valence-corrected chi connectivity index (χ4v) is 1.44. The molecule has 0 radical (unpaired) electrons. The van der Waals surface area contributed by atoms with Crippen molar-refractivity contribution in [2.24, 2.45) is 0 Å². The maximum Gasteiger partial charge on any atom is 0.100 e. The third-order valence-corrected chi connectivity index (χ3v) is 2.14. The van der Waals surface area contributed by atoms with Crippen molar-refractivity contribution in [1.29, 1.82) is 5.26 Å². The zero-order valence-electron chi connectivity index (χ0n) is 9.23. The highest BCUT2D eigenvalue weighted by Crippen LogP contribution is 2.08. The van der Waals surface area contributed by atoms with Crippen LogP contribution >= 0.6 is 0 Å². The van der Waals surface area contributed by atoms with Crippen molar-refractivity contribution in [3.8, 4) is 6.07 Å². The maximum absolute atomic E-state index is 8.65. The highest BCUT2D eigenvalue weighted by molar-refractivity contribution is 5.14. The smallest absolute Gasteiger partial charge is 0.100 e. The van der Waals surface area contributed by atoms with Gasteiger partial charge in [-0.05, 0) is 6.42 Å². The molecule has 0 aliphatic carbocycles. The standard InChI is InChI=1S/C10H16N4O/c1-3-7-14-10(5-8-15-2)9(4-6-11)12-13-14/h3-5,7-8H2,1-2H3. The van der Waals surface area contributed by atoms with E-state index >= 15 is 0 Å². The third kappa shape index (κ3) is 3.03. The fourth-order valence-electron chi connectivity index (χ4n) is 1.44. The van der Waals surface area contributed by atoms with Gasteiger partial charge in [0.15, 0.2) is 0 Å². The van der Waals surface area contributed by atoms with Gasteiger partial charge < -0.3 is 4.74 Å². The number of nitrogens with zero attached hydrogens (tertiary/aromatic N) is 4. The summed E-state index contributed by atoms with van der Waals surface area (Å²) in [5, 5.41) is 16.7. The van der Waals surface area contributed by atoms with E-state index in [0.717, 1.165) is 30.8 Å². The molecule has 1 aromatic heterocycles. The molecule has 1 heterocycles. The van der Waals surface area contributed by atoms with Crippen LogP contribution in [0, 0.1) is 11.3 Å². The van der Waals surface area contributed by atoms with Crippen molar-refractivity contribution >= 4 is 0 Å². The van der Waals surface area contributed by atoms with Crippen molar-refractivity contribution in [2.75, 3.05) is 13.7 Å². The minimum Gasteiger partial charge on any atom is -0.384 e. The summed E-state index contributed by atoms with van der Waals surface area (Å²) in [5.41, 5.74) is 1.81. The minimum atomic E-state index is 0.322. The summed E-state index contributed by atoms with van der Waals surface area (Å²) in [6.07, 6.45) is 2.10. The van der Waals surface area contributed by atoms with Crippen LogP contribution in [0.15, 0.2) is 0 Å². The van der Waals surface area contributed by atoms with Crippen LogP contribution in [0.1, 0.15) is 24.7 Å². The van der Waals surface area contributed by atoms with E-state index in [1.165, 1.54) is 0 Å². The SMILES string of the molecule is CCCn1nnc(CC#N)c1CCOC. The molecule has 0 aliphatic heterocycles. The molecule has 0 spiro atoms. The van der Waals surface area contributed by atoms with Gasteiger partial charge in [-0.1, -0.05) is 12.1 Å². The molecule has 15 heavy (non-hydrogen) atoms. The molecular weight excluding hydrogens is 192 g/mol. The average Bonchev–Trinajstić information content (AvgIpc) is 2.60. The average molecular weight is 208 g/mol. The normalized spacial score (nSPS) is 10.2. The van der Waals surface area contributed by atoms with Gasteiger partial charge in [-0.25, -0.2) is 4.68 Å². The van der Waals surface area contributed by atoms with Gasteiger partial charge in [-0.2, -0.15) is 5.26 Å². The Morgan fingerprint density at radius 3 is 2.93 bits per heavy atom. The molecule has 0 atom stereocenters. The Kier molecular flexibility index (Phi) is 4.78. The van der Waals surface area contributed by atoms with Gasteiger partial charge in [0.2, 0.25) is 0 Å². The Bertz CT molecular complexity index is 340. The second-order valence-electron chi connectivity index (χ2n) is 3.28. The van der Waals surface area contributed by atoms with E-state index in [-0.39, 0.29) is 0 Å². The molecule has 0 aliphatic rings. The van der Waals surface area contributed by atoms with Gasteiger partial charge in [0.05, 0.1) is 24.8 Å². The molecule has 0 aromatic carbocycles. The van der Waals surface area contributed by atoms with Gasteiger partial charge in [-0.3, -0.25) is 0 Å². The lowest BCUT2D eigenvalue weighted by Gasteiger charge is -2.05. The number of rotatable bonds is 6. The van der Waals surface area contributed by atoms with Gasteiger partial charge in [0, 0.05) is 20.1 Å². The Hall–Kier alpha value is -1.41. The van der Waals surface area contributed by atoms with E-state index < -0.39 is 0 Å². The second-order valence-corrected chi connectivity index (χ2v) is 3.28. The second kappa shape index (κ2) is 6.14. The predicted octanol–water partition coefficient (Wildman–Crippen LogP) is 0.943. The highest BCUT2D eigenvalue weighted by atomic mass is 16.5. The summed E-state index contributed by atoms with van der Waals surface area (Å²) in [7, 11) is 1.66. The van der Waals surface area contributed by atoms with Crippen molar-refractivity contribution in [1.82, 2.24) is 15.0 Å². The van der Waals surface area contributed by atoms with Crippen molar-refractivity contribution in [3.63, 3.8) is 0 Å². The molecular formula is C10H16N4O. The van der Waals surface area contributed by atoms with E-state index in [1.54, 1.807) is 7.11 Å². The monoisotopic (exact) mass is 208 g/mol. The van der Waals surface area contributed by atoms with Crippen LogP contribution in [0.3, 0.4) is 0 Å². The number of ether oxygens (including phenoxy) is 1.